The maximum absolute atomic E-state index is 12.9. The predicted octanol–water partition coefficient (Wildman–Crippen LogP) is 3.17. The molecule has 3 rings (SSSR count). The first-order valence-corrected chi connectivity index (χ1v) is 11.5. The minimum absolute atomic E-state index is 0. The Bertz CT molecular complexity index is 1200. The molecule has 192 valence electrons. The van der Waals surface area contributed by atoms with Crippen LogP contribution in [0.4, 0.5) is 18.9 Å². The fourth-order valence-electron chi connectivity index (χ4n) is 3.19. The smallest absolute Gasteiger partial charge is 0.416 e. The molecule has 0 aliphatic rings. The number of nitrogens with two attached hydrogens (primary N) is 1. The second kappa shape index (κ2) is 12.0. The lowest BCUT2D eigenvalue weighted by molar-refractivity contribution is -0.137. The van der Waals surface area contributed by atoms with Gasteiger partial charge in [-0.1, -0.05) is 30.3 Å². The van der Waals surface area contributed by atoms with Gasteiger partial charge in [0.1, 0.15) is 10.6 Å². The Morgan fingerprint density at radius 2 is 1.54 bits per heavy atom. The van der Waals surface area contributed by atoms with Gasteiger partial charge in [0.05, 0.1) is 11.3 Å². The maximum atomic E-state index is 12.9. The van der Waals surface area contributed by atoms with Gasteiger partial charge in [0.15, 0.2) is 5.75 Å². The molecule has 0 spiro atoms. The fraction of sp³-hybridized carbons (Fsp3) is 0.217. The monoisotopic (exact) mass is 515 g/mol. The number of rotatable bonds is 8. The molecule has 0 aliphatic carbocycles. The summed E-state index contributed by atoms with van der Waals surface area (Å²) in [4.78, 5) is 1.59. The van der Waals surface area contributed by atoms with Gasteiger partial charge in [0.2, 0.25) is 10.0 Å². The number of hydrogen-bond donors (Lipinski definition) is 2. The highest BCUT2D eigenvalue weighted by molar-refractivity contribution is 7.89. The van der Waals surface area contributed by atoms with E-state index in [9.17, 15) is 21.6 Å². The lowest BCUT2D eigenvalue weighted by atomic mass is 10.1. The first kappa shape index (κ1) is 29.9. The van der Waals surface area contributed by atoms with Crippen LogP contribution < -0.4 is 15.2 Å². The van der Waals surface area contributed by atoms with Crippen LogP contribution in [0.5, 0.6) is 11.5 Å². The first-order chi connectivity index (χ1) is 15.4. The van der Waals surface area contributed by atoms with Crippen molar-refractivity contribution in [3.63, 3.8) is 0 Å². The van der Waals surface area contributed by atoms with E-state index in [1.165, 1.54) is 6.07 Å². The fourth-order valence-corrected chi connectivity index (χ4v) is 3.91. The predicted molar refractivity (Wildman–Crippen MR) is 128 cm³/mol. The second-order valence-electron chi connectivity index (χ2n) is 7.72. The summed E-state index contributed by atoms with van der Waals surface area (Å²) >= 11 is 0. The minimum Gasteiger partial charge on any atom is -0.454 e. The van der Waals surface area contributed by atoms with Gasteiger partial charge in [-0.15, -0.1) is 0 Å². The number of halogens is 3. The van der Waals surface area contributed by atoms with Gasteiger partial charge in [-0.3, -0.25) is 0 Å². The summed E-state index contributed by atoms with van der Waals surface area (Å²) in [6, 6.07) is 16.5. The molecule has 35 heavy (non-hydrogen) atoms. The van der Waals surface area contributed by atoms with E-state index in [4.69, 9.17) is 9.88 Å². The molecule has 0 bridgehead atoms. The van der Waals surface area contributed by atoms with Crippen molar-refractivity contribution in [2.24, 2.45) is 5.14 Å². The van der Waals surface area contributed by atoms with Crippen molar-refractivity contribution >= 4 is 15.7 Å². The van der Waals surface area contributed by atoms with E-state index in [0.29, 0.717) is 24.3 Å². The van der Waals surface area contributed by atoms with Crippen LogP contribution in [0, 0.1) is 0 Å². The third kappa shape index (κ3) is 8.23. The maximum Gasteiger partial charge on any atom is 0.416 e. The van der Waals surface area contributed by atoms with Gasteiger partial charge in [0.25, 0.3) is 0 Å². The summed E-state index contributed by atoms with van der Waals surface area (Å²) in [5.41, 5.74) is 1.11. The van der Waals surface area contributed by atoms with E-state index in [1.807, 2.05) is 49.3 Å². The summed E-state index contributed by atoms with van der Waals surface area (Å²) in [6.07, 6.45) is -4.50. The van der Waals surface area contributed by atoms with E-state index in [-0.39, 0.29) is 27.3 Å². The van der Waals surface area contributed by atoms with Crippen molar-refractivity contribution < 1.29 is 37.3 Å². The van der Waals surface area contributed by atoms with Crippen LogP contribution in [0.1, 0.15) is 16.7 Å². The van der Waals surface area contributed by atoms with E-state index in [0.717, 1.165) is 29.8 Å². The molecular weight excluding hydrogens is 487 g/mol. The molecule has 0 heterocycles. The molecular formula is C23H28F3N3O5S. The molecule has 0 saturated carbocycles. The molecule has 0 aromatic heterocycles. The molecule has 12 heteroatoms. The normalized spacial score (nSPS) is 11.4. The summed E-state index contributed by atoms with van der Waals surface area (Å²) in [7, 11) is -0.545. The van der Waals surface area contributed by atoms with Crippen LogP contribution in [0.3, 0.4) is 0 Å². The number of hydrogen-bond acceptors (Lipinski definition) is 5. The van der Waals surface area contributed by atoms with Crippen molar-refractivity contribution in [1.29, 1.82) is 0 Å². The highest BCUT2D eigenvalue weighted by Crippen LogP contribution is 2.38. The molecule has 0 amide bonds. The first-order valence-electron chi connectivity index (χ1n) is 9.91. The molecule has 3 aromatic carbocycles. The van der Waals surface area contributed by atoms with E-state index >= 15 is 0 Å². The topological polar surface area (TPSA) is 148 Å². The molecule has 0 aliphatic heterocycles. The quantitative estimate of drug-likeness (QED) is 0.473. The summed E-state index contributed by atoms with van der Waals surface area (Å²) in [6.45, 7) is 0.794. The van der Waals surface area contributed by atoms with Gasteiger partial charge in [-0.25, -0.2) is 13.6 Å². The van der Waals surface area contributed by atoms with Crippen molar-refractivity contribution in [2.75, 3.05) is 19.4 Å². The van der Waals surface area contributed by atoms with Crippen LogP contribution >= 0.6 is 0 Å². The zero-order valence-electron chi connectivity index (χ0n) is 19.1. The zero-order valence-corrected chi connectivity index (χ0v) is 19.9. The molecule has 3 aromatic rings. The van der Waals surface area contributed by atoms with Crippen molar-refractivity contribution in [1.82, 2.24) is 4.90 Å². The number of nitrogens with one attached hydrogen (secondary N) is 1. The van der Waals surface area contributed by atoms with Crippen LogP contribution in [0.15, 0.2) is 71.6 Å². The van der Waals surface area contributed by atoms with Gasteiger partial charge in [-0.05, 0) is 61.6 Å². The molecule has 8 nitrogen and oxygen atoms in total. The summed E-state index contributed by atoms with van der Waals surface area (Å²) < 4.78 is 69.3. The Morgan fingerprint density at radius 1 is 0.943 bits per heavy atom. The number of ether oxygens (including phenoxy) is 1. The zero-order chi connectivity index (χ0) is 24.2. The Kier molecular flexibility index (Phi) is 10.2. The van der Waals surface area contributed by atoms with Crippen LogP contribution in [-0.4, -0.2) is 38.4 Å². The van der Waals surface area contributed by atoms with Gasteiger partial charge < -0.3 is 25.9 Å². The van der Waals surface area contributed by atoms with Crippen molar-refractivity contribution in [3.8, 4) is 11.5 Å². The lowest BCUT2D eigenvalue weighted by Gasteiger charge is -2.19. The Morgan fingerprint density at radius 3 is 2.06 bits per heavy atom. The van der Waals surface area contributed by atoms with E-state index in [2.05, 4.69) is 5.32 Å². The van der Waals surface area contributed by atoms with Crippen LogP contribution in [0.2, 0.25) is 0 Å². The molecule has 0 atom stereocenters. The number of benzene rings is 3. The molecule has 0 fully saturated rings. The number of primary sulfonamides is 1. The van der Waals surface area contributed by atoms with E-state index in [1.54, 1.807) is 6.07 Å². The SMILES string of the molecule is CN(C)Cc1cc(NCc2ccccc2)c(Oc2ccc(C(F)(F)F)cc2)c(S(N)(=O)=O)c1.O.O. The van der Waals surface area contributed by atoms with Gasteiger partial charge in [0, 0.05) is 13.1 Å². The Hall–Kier alpha value is -3.16. The van der Waals surface area contributed by atoms with Crippen molar-refractivity contribution in [2.45, 2.75) is 24.2 Å². The van der Waals surface area contributed by atoms with Gasteiger partial charge in [-0.2, -0.15) is 13.2 Å². The molecule has 0 saturated heterocycles. The number of sulfonamides is 1. The third-order valence-corrected chi connectivity index (χ3v) is 5.56. The number of anilines is 1. The lowest BCUT2D eigenvalue weighted by Crippen LogP contribution is -2.17. The number of nitrogens with zero attached hydrogens (tertiary/aromatic N) is 1. The average molecular weight is 516 g/mol. The summed E-state index contributed by atoms with van der Waals surface area (Å²) in [5.74, 6) is -0.0493. The Balaban J connectivity index is 0.00000306. The van der Waals surface area contributed by atoms with Crippen LogP contribution in [0.25, 0.3) is 0 Å². The van der Waals surface area contributed by atoms with Crippen molar-refractivity contribution in [3.05, 3.63) is 83.4 Å². The second-order valence-corrected chi connectivity index (χ2v) is 9.25. The largest absolute Gasteiger partial charge is 0.454 e. The number of alkyl halides is 3. The molecule has 0 radical (unpaired) electrons. The average Bonchev–Trinajstić information content (AvgIpc) is 2.73. The highest BCUT2D eigenvalue weighted by atomic mass is 32.2. The molecule has 7 N–H and O–H groups in total. The Labute approximate surface area is 201 Å². The van der Waals surface area contributed by atoms with Crippen LogP contribution in [-0.2, 0) is 29.3 Å². The standard InChI is InChI=1S/C23H24F3N3O3S.2H2O/c1-29(2)15-17-12-20(28-14-16-6-4-3-5-7-16)22(21(13-17)33(27,30)31)32-19-10-8-18(9-11-19)23(24,25)26;;/h3-13,28H,14-15H2,1-2H3,(H2,27,30,31);2*1H2. The summed E-state index contributed by atoms with van der Waals surface area (Å²) in [5, 5.41) is 8.64. The van der Waals surface area contributed by atoms with E-state index < -0.39 is 21.8 Å². The third-order valence-electron chi connectivity index (χ3n) is 4.65. The van der Waals surface area contributed by atoms with Gasteiger partial charge >= 0.3 is 6.18 Å². The minimum atomic E-state index is -4.50. The highest BCUT2D eigenvalue weighted by Gasteiger charge is 2.30. The molecule has 0 unspecified atom stereocenters.